The van der Waals surface area contributed by atoms with E-state index in [4.69, 9.17) is 0 Å². The van der Waals surface area contributed by atoms with Crippen LogP contribution in [-0.2, 0) is 11.2 Å². The number of hydrogen-bond donors (Lipinski definition) is 2. The Labute approximate surface area is 171 Å². The number of nitrogens with one attached hydrogen (secondary N) is 1. The number of aryl methyl sites for hydroxylation is 1. The molecule has 3 aromatic rings. The van der Waals surface area contributed by atoms with Crippen LogP contribution in [-0.4, -0.2) is 27.5 Å². The van der Waals surface area contributed by atoms with Gasteiger partial charge in [0.05, 0.1) is 18.7 Å². The van der Waals surface area contributed by atoms with Crippen LogP contribution in [0.2, 0.25) is 0 Å². The van der Waals surface area contributed by atoms with Gasteiger partial charge in [0, 0.05) is 28.6 Å². The van der Waals surface area contributed by atoms with E-state index in [2.05, 4.69) is 36.2 Å². The van der Waals surface area contributed by atoms with Crippen molar-refractivity contribution in [2.75, 3.05) is 6.61 Å². The van der Waals surface area contributed by atoms with Crippen LogP contribution in [0.4, 0.5) is 0 Å². The smallest absolute Gasteiger partial charge is 0.223 e. The second kappa shape index (κ2) is 7.34. The predicted octanol–water partition coefficient (Wildman–Crippen LogP) is 4.76. The van der Waals surface area contributed by atoms with Crippen LogP contribution in [0.15, 0.2) is 54.6 Å². The number of aromatic nitrogens is 1. The van der Waals surface area contributed by atoms with Crippen LogP contribution in [0.3, 0.4) is 0 Å². The van der Waals surface area contributed by atoms with Crippen LogP contribution >= 0.6 is 0 Å². The van der Waals surface area contributed by atoms with Gasteiger partial charge in [-0.15, -0.1) is 0 Å². The maximum Gasteiger partial charge on any atom is 0.223 e. The quantitative estimate of drug-likeness (QED) is 0.677. The first-order valence-corrected chi connectivity index (χ1v) is 10.8. The van der Waals surface area contributed by atoms with Crippen molar-refractivity contribution in [1.82, 2.24) is 9.88 Å². The molecule has 0 radical (unpaired) electrons. The molecule has 1 aliphatic heterocycles. The van der Waals surface area contributed by atoms with Gasteiger partial charge in [0.25, 0.3) is 0 Å². The van der Waals surface area contributed by atoms with Crippen molar-refractivity contribution in [1.29, 1.82) is 0 Å². The highest BCUT2D eigenvalue weighted by Gasteiger charge is 2.47. The second-order valence-electron chi connectivity index (χ2n) is 8.49. The maximum atomic E-state index is 13.5. The number of benzene rings is 2. The SMILES string of the molecule is CC[C@H]1[C@H]2CCc3[nH]c4ccccc4c3[C@@H]1N([C@@H](CO)c1ccccc1)C(=O)C2. The fourth-order valence-corrected chi connectivity index (χ4v) is 5.81. The number of carbonyl (C=O) groups is 1. The number of carbonyl (C=O) groups excluding carboxylic acids is 1. The molecule has 1 fully saturated rings. The third-order valence-electron chi connectivity index (χ3n) is 7.09. The first kappa shape index (κ1) is 18.4. The number of likely N-dealkylation sites (tertiary alicyclic amines) is 1. The molecule has 0 unspecified atom stereocenters. The lowest BCUT2D eigenvalue weighted by Crippen LogP contribution is -2.48. The number of hydrogen-bond acceptors (Lipinski definition) is 2. The Morgan fingerprint density at radius 3 is 2.66 bits per heavy atom. The molecule has 2 heterocycles. The van der Waals surface area contributed by atoms with Gasteiger partial charge in [-0.25, -0.2) is 0 Å². The number of rotatable bonds is 4. The van der Waals surface area contributed by atoms with E-state index in [0.717, 1.165) is 30.3 Å². The van der Waals surface area contributed by atoms with E-state index in [0.29, 0.717) is 18.3 Å². The third kappa shape index (κ3) is 2.89. The number of para-hydroxylation sites is 1. The molecule has 1 aliphatic carbocycles. The van der Waals surface area contributed by atoms with Gasteiger partial charge in [-0.1, -0.05) is 61.9 Å². The van der Waals surface area contributed by atoms with Crippen LogP contribution in [0.25, 0.3) is 10.9 Å². The van der Waals surface area contributed by atoms with Crippen molar-refractivity contribution >= 4 is 16.8 Å². The average Bonchev–Trinajstić information content (AvgIpc) is 3.07. The van der Waals surface area contributed by atoms with Gasteiger partial charge in [0.15, 0.2) is 0 Å². The molecular weight excluding hydrogens is 360 g/mol. The number of aliphatic hydroxyl groups excluding tert-OH is 1. The lowest BCUT2D eigenvalue weighted by atomic mass is 9.74. The Hall–Kier alpha value is -2.59. The maximum absolute atomic E-state index is 13.5. The van der Waals surface area contributed by atoms with E-state index < -0.39 is 0 Å². The number of aliphatic hydroxyl groups is 1. The molecule has 4 atom stereocenters. The normalized spacial score (nSPS) is 25.0. The molecule has 150 valence electrons. The highest BCUT2D eigenvalue weighted by Crippen LogP contribution is 2.51. The molecule has 5 rings (SSSR count). The van der Waals surface area contributed by atoms with Gasteiger partial charge in [0.1, 0.15) is 0 Å². The van der Waals surface area contributed by atoms with Gasteiger partial charge in [-0.3, -0.25) is 4.79 Å². The van der Waals surface area contributed by atoms with Crippen LogP contribution in [0.1, 0.15) is 55.1 Å². The molecule has 1 saturated heterocycles. The van der Waals surface area contributed by atoms with E-state index in [1.54, 1.807) is 0 Å². The number of fused-ring (bicyclic) bond motifs is 6. The van der Waals surface area contributed by atoms with Crippen molar-refractivity contribution < 1.29 is 9.90 Å². The van der Waals surface area contributed by atoms with E-state index in [1.165, 1.54) is 16.6 Å². The monoisotopic (exact) mass is 388 g/mol. The van der Waals surface area contributed by atoms with Crippen molar-refractivity contribution in [2.45, 2.75) is 44.7 Å². The zero-order valence-corrected chi connectivity index (χ0v) is 16.8. The fraction of sp³-hybridized carbons (Fsp3) is 0.400. The van der Waals surface area contributed by atoms with Crippen LogP contribution < -0.4 is 0 Å². The van der Waals surface area contributed by atoms with E-state index in [-0.39, 0.29) is 24.6 Å². The van der Waals surface area contributed by atoms with E-state index in [9.17, 15) is 9.90 Å². The minimum absolute atomic E-state index is 0.00254. The van der Waals surface area contributed by atoms with Crippen LogP contribution in [0.5, 0.6) is 0 Å². The lowest BCUT2D eigenvalue weighted by molar-refractivity contribution is -0.148. The molecule has 2 N–H and O–H groups in total. The predicted molar refractivity (Wildman–Crippen MR) is 114 cm³/mol. The zero-order valence-electron chi connectivity index (χ0n) is 16.8. The topological polar surface area (TPSA) is 56.3 Å². The van der Waals surface area contributed by atoms with Gasteiger partial charge >= 0.3 is 0 Å². The average molecular weight is 389 g/mol. The van der Waals surface area contributed by atoms with Crippen LogP contribution in [0, 0.1) is 11.8 Å². The molecule has 1 amide bonds. The van der Waals surface area contributed by atoms with Gasteiger partial charge in [0.2, 0.25) is 5.91 Å². The molecule has 0 spiro atoms. The first-order valence-electron chi connectivity index (χ1n) is 10.8. The van der Waals surface area contributed by atoms with Gasteiger partial charge in [-0.05, 0) is 36.3 Å². The first-order chi connectivity index (χ1) is 14.2. The van der Waals surface area contributed by atoms with Gasteiger partial charge in [-0.2, -0.15) is 0 Å². The molecule has 2 aliphatic rings. The Bertz CT molecular complexity index is 1030. The highest BCUT2D eigenvalue weighted by molar-refractivity contribution is 5.87. The summed E-state index contributed by atoms with van der Waals surface area (Å²) in [6.45, 7) is 2.18. The van der Waals surface area contributed by atoms with Crippen molar-refractivity contribution in [3.63, 3.8) is 0 Å². The highest BCUT2D eigenvalue weighted by atomic mass is 16.3. The lowest BCUT2D eigenvalue weighted by Gasteiger charge is -2.47. The number of nitrogens with zero attached hydrogens (tertiary/aromatic N) is 1. The number of amides is 1. The van der Waals surface area contributed by atoms with Crippen molar-refractivity contribution in [3.05, 3.63) is 71.4 Å². The number of piperidine rings is 1. The summed E-state index contributed by atoms with van der Waals surface area (Å²) in [4.78, 5) is 19.1. The van der Waals surface area contributed by atoms with E-state index in [1.807, 2.05) is 35.2 Å². The van der Waals surface area contributed by atoms with Crippen molar-refractivity contribution in [2.24, 2.45) is 11.8 Å². The molecule has 0 saturated carbocycles. The Kier molecular flexibility index (Phi) is 4.67. The number of aromatic amines is 1. The summed E-state index contributed by atoms with van der Waals surface area (Å²) in [5.41, 5.74) is 4.69. The Morgan fingerprint density at radius 1 is 1.14 bits per heavy atom. The molecule has 4 heteroatoms. The summed E-state index contributed by atoms with van der Waals surface area (Å²) < 4.78 is 0. The molecule has 4 nitrogen and oxygen atoms in total. The minimum atomic E-state index is -0.316. The molecule has 2 bridgehead atoms. The zero-order chi connectivity index (χ0) is 20.0. The number of H-pyrrole nitrogens is 1. The Morgan fingerprint density at radius 2 is 1.90 bits per heavy atom. The molecule has 29 heavy (non-hydrogen) atoms. The summed E-state index contributed by atoms with van der Waals surface area (Å²) in [7, 11) is 0. The summed E-state index contributed by atoms with van der Waals surface area (Å²) in [6, 6.07) is 18.1. The largest absolute Gasteiger partial charge is 0.394 e. The Balaban J connectivity index is 1.72. The van der Waals surface area contributed by atoms with E-state index >= 15 is 0 Å². The molecule has 2 aromatic carbocycles. The third-order valence-corrected chi connectivity index (χ3v) is 7.09. The molecular formula is C25H28N2O2. The second-order valence-corrected chi connectivity index (χ2v) is 8.49. The summed E-state index contributed by atoms with van der Waals surface area (Å²) in [6.07, 6.45) is 3.65. The minimum Gasteiger partial charge on any atom is -0.394 e. The molecule has 1 aromatic heterocycles. The summed E-state index contributed by atoms with van der Waals surface area (Å²) >= 11 is 0. The van der Waals surface area contributed by atoms with Gasteiger partial charge < -0.3 is 15.0 Å². The van der Waals surface area contributed by atoms with Crippen molar-refractivity contribution in [3.8, 4) is 0 Å². The standard InChI is InChI=1S/C25H28N2O2/c1-2-18-17-12-13-21-24(19-10-6-7-11-20(19)26-21)25(18)27(23(29)14-17)22(15-28)16-8-4-3-5-9-16/h3-11,17-18,22,25-26,28H,2,12-15H2,1H3/t17-,18-,22-,25+/m0/s1. The summed E-state index contributed by atoms with van der Waals surface area (Å²) in [5.74, 6) is 0.986. The fourth-order valence-electron chi connectivity index (χ4n) is 5.81. The summed E-state index contributed by atoms with van der Waals surface area (Å²) in [5, 5.41) is 11.6.